The number of ketones is 1. The standard InChI is InChI=1S/C26H19BrClNO5/c1-2-34-26(33)17-7-13-20(14-8-17)29-22(15-3-9-18(27)10-4-15)21(24(31)25(29)32)23(30)16-5-11-19(28)12-6-16/h3-14,22,30H,2H2,1H3/b23-21+/t22-/m0/s1. The Balaban J connectivity index is 1.85. The van der Waals surface area contributed by atoms with Gasteiger partial charge in [-0.05, 0) is 73.2 Å². The third-order valence-electron chi connectivity index (χ3n) is 5.40. The first kappa shape index (κ1) is 23.7. The van der Waals surface area contributed by atoms with Crippen LogP contribution in [0.15, 0.2) is 82.8 Å². The molecule has 0 aromatic heterocycles. The summed E-state index contributed by atoms with van der Waals surface area (Å²) in [6.45, 7) is 1.95. The number of aliphatic hydroxyl groups is 1. The fourth-order valence-corrected chi connectivity index (χ4v) is 4.19. The van der Waals surface area contributed by atoms with E-state index >= 15 is 0 Å². The average molecular weight is 541 g/mol. The number of hydrogen-bond donors (Lipinski definition) is 1. The van der Waals surface area contributed by atoms with Crippen LogP contribution in [-0.2, 0) is 14.3 Å². The molecule has 0 spiro atoms. The highest BCUT2D eigenvalue weighted by Gasteiger charge is 2.47. The number of carbonyl (C=O) groups is 3. The van der Waals surface area contributed by atoms with Gasteiger partial charge in [0.2, 0.25) is 0 Å². The van der Waals surface area contributed by atoms with Gasteiger partial charge >= 0.3 is 5.97 Å². The van der Waals surface area contributed by atoms with Crippen molar-refractivity contribution in [3.8, 4) is 0 Å². The predicted molar refractivity (Wildman–Crippen MR) is 133 cm³/mol. The average Bonchev–Trinajstić information content (AvgIpc) is 3.10. The molecule has 1 amide bonds. The molecule has 172 valence electrons. The summed E-state index contributed by atoms with van der Waals surface area (Å²) >= 11 is 9.36. The minimum atomic E-state index is -0.878. The molecule has 0 aliphatic carbocycles. The van der Waals surface area contributed by atoms with E-state index in [9.17, 15) is 19.5 Å². The van der Waals surface area contributed by atoms with Gasteiger partial charge in [0.1, 0.15) is 5.76 Å². The molecular weight excluding hydrogens is 522 g/mol. The molecule has 1 saturated heterocycles. The van der Waals surface area contributed by atoms with Crippen molar-refractivity contribution in [2.24, 2.45) is 0 Å². The van der Waals surface area contributed by atoms with E-state index in [1.807, 2.05) is 0 Å². The summed E-state index contributed by atoms with van der Waals surface area (Å²) in [6, 6.07) is 18.8. The molecule has 1 N–H and O–H groups in total. The van der Waals surface area contributed by atoms with E-state index in [-0.39, 0.29) is 17.9 Å². The molecule has 1 aliphatic heterocycles. The van der Waals surface area contributed by atoms with Crippen LogP contribution in [0, 0.1) is 0 Å². The van der Waals surface area contributed by atoms with Crippen molar-refractivity contribution < 1.29 is 24.2 Å². The Bertz CT molecular complexity index is 1280. The maximum atomic E-state index is 13.2. The first-order valence-corrected chi connectivity index (χ1v) is 11.6. The van der Waals surface area contributed by atoms with Crippen molar-refractivity contribution >= 4 is 56.6 Å². The number of nitrogens with zero attached hydrogens (tertiary/aromatic N) is 1. The summed E-state index contributed by atoms with van der Waals surface area (Å²) in [4.78, 5) is 39.7. The van der Waals surface area contributed by atoms with Gasteiger partial charge in [-0.15, -0.1) is 0 Å². The first-order chi connectivity index (χ1) is 16.3. The summed E-state index contributed by atoms with van der Waals surface area (Å²) in [5.74, 6) is -2.38. The van der Waals surface area contributed by atoms with E-state index in [1.54, 1.807) is 67.6 Å². The van der Waals surface area contributed by atoms with E-state index < -0.39 is 23.7 Å². The van der Waals surface area contributed by atoms with Gasteiger partial charge in [0, 0.05) is 20.7 Å². The molecule has 3 aromatic rings. The van der Waals surface area contributed by atoms with Gasteiger partial charge in [0.25, 0.3) is 11.7 Å². The summed E-state index contributed by atoms with van der Waals surface area (Å²) < 4.78 is 5.83. The van der Waals surface area contributed by atoms with Gasteiger partial charge in [-0.2, -0.15) is 0 Å². The van der Waals surface area contributed by atoms with Crippen molar-refractivity contribution in [3.63, 3.8) is 0 Å². The van der Waals surface area contributed by atoms with Gasteiger partial charge in [0.05, 0.1) is 23.8 Å². The minimum absolute atomic E-state index is 0.0379. The van der Waals surface area contributed by atoms with Gasteiger partial charge in [-0.3, -0.25) is 14.5 Å². The molecule has 1 heterocycles. The zero-order chi connectivity index (χ0) is 24.4. The Hall–Kier alpha value is -3.42. The minimum Gasteiger partial charge on any atom is -0.507 e. The number of hydrogen-bond acceptors (Lipinski definition) is 5. The number of carbonyl (C=O) groups excluding carboxylic acids is 3. The lowest BCUT2D eigenvalue weighted by atomic mass is 9.95. The maximum Gasteiger partial charge on any atom is 0.338 e. The highest BCUT2D eigenvalue weighted by Crippen LogP contribution is 2.42. The Kier molecular flexibility index (Phi) is 6.86. The van der Waals surface area contributed by atoms with E-state index in [0.29, 0.717) is 27.4 Å². The smallest absolute Gasteiger partial charge is 0.338 e. The van der Waals surface area contributed by atoms with Crippen molar-refractivity contribution in [2.75, 3.05) is 11.5 Å². The molecule has 8 heteroatoms. The van der Waals surface area contributed by atoms with Crippen LogP contribution in [-0.4, -0.2) is 29.4 Å². The Morgan fingerprint density at radius 1 is 0.971 bits per heavy atom. The van der Waals surface area contributed by atoms with Gasteiger partial charge in [-0.1, -0.05) is 39.7 Å². The molecule has 0 saturated carbocycles. The fourth-order valence-electron chi connectivity index (χ4n) is 3.80. The van der Waals surface area contributed by atoms with Crippen LogP contribution >= 0.6 is 27.5 Å². The normalized spacial score (nSPS) is 17.1. The zero-order valence-corrected chi connectivity index (χ0v) is 20.3. The number of rotatable bonds is 5. The molecule has 4 rings (SSSR count). The van der Waals surface area contributed by atoms with E-state index in [1.165, 1.54) is 17.0 Å². The number of ether oxygens (including phenoxy) is 1. The molecular formula is C26H19BrClNO5. The van der Waals surface area contributed by atoms with Crippen LogP contribution in [0.4, 0.5) is 5.69 Å². The molecule has 1 atom stereocenters. The van der Waals surface area contributed by atoms with Crippen LogP contribution < -0.4 is 4.90 Å². The second kappa shape index (κ2) is 9.83. The van der Waals surface area contributed by atoms with Crippen LogP contribution in [0.25, 0.3) is 5.76 Å². The summed E-state index contributed by atoms with van der Waals surface area (Å²) in [6.07, 6.45) is 0. The topological polar surface area (TPSA) is 83.9 Å². The number of amides is 1. The molecule has 1 fully saturated rings. The van der Waals surface area contributed by atoms with Crippen LogP contribution in [0.2, 0.25) is 5.02 Å². The first-order valence-electron chi connectivity index (χ1n) is 10.4. The second-order valence-corrected chi connectivity index (χ2v) is 8.85. The van der Waals surface area contributed by atoms with Crippen molar-refractivity contribution in [1.29, 1.82) is 0 Å². The molecule has 6 nitrogen and oxygen atoms in total. The highest BCUT2D eigenvalue weighted by atomic mass is 79.9. The molecule has 1 aliphatic rings. The maximum absolute atomic E-state index is 13.2. The van der Waals surface area contributed by atoms with Gasteiger partial charge in [-0.25, -0.2) is 4.79 Å². The third-order valence-corrected chi connectivity index (χ3v) is 6.19. The van der Waals surface area contributed by atoms with Crippen LogP contribution in [0.3, 0.4) is 0 Å². The summed E-state index contributed by atoms with van der Waals surface area (Å²) in [7, 11) is 0. The lowest BCUT2D eigenvalue weighted by molar-refractivity contribution is -0.132. The fraction of sp³-hybridized carbons (Fsp3) is 0.115. The van der Waals surface area contributed by atoms with Crippen molar-refractivity contribution in [2.45, 2.75) is 13.0 Å². The van der Waals surface area contributed by atoms with Gasteiger partial charge < -0.3 is 9.84 Å². The molecule has 0 unspecified atom stereocenters. The monoisotopic (exact) mass is 539 g/mol. The second-order valence-electron chi connectivity index (χ2n) is 7.49. The molecule has 3 aromatic carbocycles. The summed E-state index contributed by atoms with van der Waals surface area (Å²) in [5, 5.41) is 11.6. The number of Topliss-reactive ketones (excluding diaryl/α,β-unsaturated/α-hetero) is 1. The van der Waals surface area contributed by atoms with Crippen LogP contribution in [0.5, 0.6) is 0 Å². The van der Waals surface area contributed by atoms with Gasteiger partial charge in [0.15, 0.2) is 0 Å². The lowest BCUT2D eigenvalue weighted by Crippen LogP contribution is -2.29. The van der Waals surface area contributed by atoms with E-state index in [0.717, 1.165) is 4.47 Å². The number of benzene rings is 3. The quantitative estimate of drug-likeness (QED) is 0.188. The van der Waals surface area contributed by atoms with Crippen molar-refractivity contribution in [1.82, 2.24) is 0 Å². The molecule has 0 radical (unpaired) electrons. The zero-order valence-electron chi connectivity index (χ0n) is 18.0. The number of aliphatic hydroxyl groups excluding tert-OH is 1. The number of esters is 1. The van der Waals surface area contributed by atoms with Crippen molar-refractivity contribution in [3.05, 3.63) is 105 Å². The van der Waals surface area contributed by atoms with E-state index in [4.69, 9.17) is 16.3 Å². The Morgan fingerprint density at radius 2 is 1.56 bits per heavy atom. The Morgan fingerprint density at radius 3 is 2.15 bits per heavy atom. The lowest BCUT2D eigenvalue weighted by Gasteiger charge is -2.25. The number of anilines is 1. The SMILES string of the molecule is CCOC(=O)c1ccc(N2C(=O)C(=O)/C(=C(/O)c3ccc(Cl)cc3)[C@@H]2c2ccc(Br)cc2)cc1. The summed E-state index contributed by atoms with van der Waals surface area (Å²) in [5.41, 5.74) is 1.68. The number of halogens is 2. The largest absolute Gasteiger partial charge is 0.507 e. The van der Waals surface area contributed by atoms with Crippen LogP contribution in [0.1, 0.15) is 34.5 Å². The molecule has 34 heavy (non-hydrogen) atoms. The predicted octanol–water partition coefficient (Wildman–Crippen LogP) is 5.91. The highest BCUT2D eigenvalue weighted by molar-refractivity contribution is 9.10. The Labute approximate surface area is 209 Å². The molecule has 0 bridgehead atoms. The third kappa shape index (κ3) is 4.49. The van der Waals surface area contributed by atoms with E-state index in [2.05, 4.69) is 15.9 Å².